The standard InChI is InChI=1S/C96H54N4O3S/c1-5-18-60(19-6-1)97-76-43-35-56(50-74(76)90-79(97)46-40-68-66-27-14-16-30-85(66)102-94(68)90)58-33-38-71-83(54-58)100(63-24-11-4-12-25-63)81-48-42-72-88-64(28-17-31-87(88)104-96(72)92(71)81)59-36-49-86-73(52-59)69-41-47-80-91(95(69)103-86)75-51-55(34-44-77(75)98(80)61-20-7-2-8-21-61)57-32-37-70-82(53-57)99(62-22-9-3-10-23-62)78-45-39-67-65-26-13-15-29-84(65)101-93(67)89(70)78/h1-54H. The van der Waals surface area contributed by atoms with E-state index in [1.54, 1.807) is 0 Å². The second-order valence-corrected chi connectivity index (χ2v) is 28.8. The fourth-order valence-electron chi connectivity index (χ4n) is 17.8. The molecule has 0 aliphatic carbocycles. The summed E-state index contributed by atoms with van der Waals surface area (Å²) in [7, 11) is 0. The first-order valence-electron chi connectivity index (χ1n) is 35.4. The molecular formula is C96H54N4O3S. The molecule has 0 fully saturated rings. The molecule has 0 aliphatic rings. The average Bonchev–Trinajstić information content (AvgIpc) is 1.56. The quantitative estimate of drug-likeness (QED) is 0.160. The smallest absolute Gasteiger partial charge is 0.145 e. The number of fused-ring (bicyclic) bond motifs is 28. The van der Waals surface area contributed by atoms with Gasteiger partial charge in [-0.25, -0.2) is 0 Å². The summed E-state index contributed by atoms with van der Waals surface area (Å²) in [4.78, 5) is 0. The van der Waals surface area contributed by atoms with E-state index in [2.05, 4.69) is 340 Å². The van der Waals surface area contributed by atoms with Crippen molar-refractivity contribution in [2.45, 2.75) is 0 Å². The van der Waals surface area contributed by atoms with Crippen molar-refractivity contribution < 1.29 is 13.3 Å². The van der Waals surface area contributed by atoms with Crippen LogP contribution in [0.25, 0.3) is 229 Å². The number of para-hydroxylation sites is 6. The monoisotopic (exact) mass is 1340 g/mol. The predicted octanol–water partition coefficient (Wildman–Crippen LogP) is 27.1. The third-order valence-corrected chi connectivity index (χ3v) is 23.5. The van der Waals surface area contributed by atoms with Gasteiger partial charge in [0, 0.05) is 102 Å². The van der Waals surface area contributed by atoms with Crippen LogP contribution in [0.3, 0.4) is 0 Å². The maximum Gasteiger partial charge on any atom is 0.145 e. The van der Waals surface area contributed by atoms with E-state index in [9.17, 15) is 0 Å². The summed E-state index contributed by atoms with van der Waals surface area (Å²) in [6, 6.07) is 120. The molecule has 0 spiro atoms. The van der Waals surface area contributed by atoms with Crippen molar-refractivity contribution in [3.8, 4) is 56.1 Å². The third kappa shape index (κ3) is 7.73. The molecule has 0 saturated heterocycles. The van der Waals surface area contributed by atoms with E-state index < -0.39 is 0 Å². The van der Waals surface area contributed by atoms with E-state index in [1.165, 1.54) is 42.0 Å². The molecule has 482 valence electrons. The van der Waals surface area contributed by atoms with Crippen LogP contribution in [0, 0.1) is 0 Å². The second kappa shape index (κ2) is 21.0. The normalized spacial score (nSPS) is 12.4. The number of aromatic nitrogens is 4. The molecule has 0 bridgehead atoms. The van der Waals surface area contributed by atoms with Gasteiger partial charge >= 0.3 is 0 Å². The summed E-state index contributed by atoms with van der Waals surface area (Å²) in [5.41, 5.74) is 25.6. The zero-order valence-corrected chi connectivity index (χ0v) is 56.4. The van der Waals surface area contributed by atoms with Crippen LogP contribution in [-0.2, 0) is 0 Å². The van der Waals surface area contributed by atoms with Gasteiger partial charge in [-0.2, -0.15) is 0 Å². The van der Waals surface area contributed by atoms with E-state index in [1.807, 2.05) is 17.4 Å². The highest BCUT2D eigenvalue weighted by atomic mass is 32.1. The van der Waals surface area contributed by atoms with Crippen molar-refractivity contribution >= 4 is 185 Å². The largest absolute Gasteiger partial charge is 0.455 e. The second-order valence-electron chi connectivity index (χ2n) is 27.7. The summed E-state index contributed by atoms with van der Waals surface area (Å²) >= 11 is 1.89. The summed E-state index contributed by atoms with van der Waals surface area (Å²) in [5, 5.41) is 18.4. The Kier molecular flexibility index (Phi) is 11.3. The molecule has 0 atom stereocenters. The minimum Gasteiger partial charge on any atom is -0.455 e. The highest BCUT2D eigenvalue weighted by Gasteiger charge is 2.26. The van der Waals surface area contributed by atoms with Crippen molar-refractivity contribution in [1.29, 1.82) is 0 Å². The lowest BCUT2D eigenvalue weighted by molar-refractivity contribution is 0.672. The van der Waals surface area contributed by atoms with Gasteiger partial charge in [-0.3, -0.25) is 0 Å². The van der Waals surface area contributed by atoms with Gasteiger partial charge in [-0.1, -0.05) is 170 Å². The fourth-order valence-corrected chi connectivity index (χ4v) is 19.1. The molecular weight excluding hydrogens is 1290 g/mol. The van der Waals surface area contributed by atoms with Gasteiger partial charge < -0.3 is 31.5 Å². The molecule has 0 amide bonds. The highest BCUT2D eigenvalue weighted by molar-refractivity contribution is 7.27. The summed E-state index contributed by atoms with van der Waals surface area (Å²) < 4.78 is 32.9. The Hall–Kier alpha value is -13.7. The molecule has 0 radical (unpaired) electrons. The molecule has 16 aromatic carbocycles. The van der Waals surface area contributed by atoms with Gasteiger partial charge in [0.15, 0.2) is 0 Å². The Balaban J connectivity index is 0.662. The molecule has 8 aromatic heterocycles. The zero-order chi connectivity index (χ0) is 67.6. The van der Waals surface area contributed by atoms with Gasteiger partial charge in [0.2, 0.25) is 0 Å². The Morgan fingerprint density at radius 2 is 0.558 bits per heavy atom. The first kappa shape index (κ1) is 56.1. The van der Waals surface area contributed by atoms with Gasteiger partial charge in [0.1, 0.15) is 33.5 Å². The predicted molar refractivity (Wildman–Crippen MR) is 435 cm³/mol. The third-order valence-electron chi connectivity index (χ3n) is 22.3. The minimum absolute atomic E-state index is 0.852. The van der Waals surface area contributed by atoms with Crippen LogP contribution in [0.2, 0.25) is 0 Å². The lowest BCUT2D eigenvalue weighted by Crippen LogP contribution is -1.93. The molecule has 0 saturated carbocycles. The zero-order valence-electron chi connectivity index (χ0n) is 55.6. The lowest BCUT2D eigenvalue weighted by Gasteiger charge is -2.10. The van der Waals surface area contributed by atoms with Crippen molar-refractivity contribution in [2.75, 3.05) is 0 Å². The molecule has 8 heteroatoms. The molecule has 0 unspecified atom stereocenters. The van der Waals surface area contributed by atoms with Gasteiger partial charge in [-0.15, -0.1) is 11.3 Å². The van der Waals surface area contributed by atoms with Gasteiger partial charge in [0.05, 0.1) is 60.3 Å². The number of hydrogen-bond donors (Lipinski definition) is 0. The number of hydrogen-bond acceptors (Lipinski definition) is 4. The van der Waals surface area contributed by atoms with Crippen molar-refractivity contribution in [2.24, 2.45) is 0 Å². The maximum atomic E-state index is 7.23. The molecule has 24 rings (SSSR count). The van der Waals surface area contributed by atoms with Crippen LogP contribution in [0.1, 0.15) is 0 Å². The number of furan rings is 3. The van der Waals surface area contributed by atoms with Crippen LogP contribution >= 0.6 is 11.3 Å². The van der Waals surface area contributed by atoms with Crippen LogP contribution < -0.4 is 0 Å². The summed E-state index contributed by atoms with van der Waals surface area (Å²) in [6.07, 6.45) is 0. The topological polar surface area (TPSA) is 59.1 Å². The van der Waals surface area contributed by atoms with Crippen molar-refractivity contribution in [3.05, 3.63) is 328 Å². The molecule has 0 N–H and O–H groups in total. The number of thiophene rings is 1. The van der Waals surface area contributed by atoms with Crippen LogP contribution in [0.4, 0.5) is 0 Å². The first-order valence-corrected chi connectivity index (χ1v) is 36.3. The molecule has 8 heterocycles. The lowest BCUT2D eigenvalue weighted by atomic mass is 9.97. The Morgan fingerprint density at radius 3 is 1.06 bits per heavy atom. The molecule has 104 heavy (non-hydrogen) atoms. The van der Waals surface area contributed by atoms with Crippen molar-refractivity contribution in [3.63, 3.8) is 0 Å². The van der Waals surface area contributed by atoms with E-state index in [0.717, 1.165) is 187 Å². The van der Waals surface area contributed by atoms with Crippen LogP contribution in [0.5, 0.6) is 0 Å². The SMILES string of the molecule is c1ccc(-n2c3ccc(-c4ccc5c6c7sc8cccc(-c9ccc%10oc%11c(ccc%12c%11c%11cc(-c%13ccc%14c%15c%16oc%17ccccc%17c%16ccc%15n(-c%15ccccc%15)c%14c%13)ccc%11n%12-c%11ccccc%11)c%10c9)c8c7ccc6n(-c6ccccc6)c5c4)cc3c3c4oc5ccccc5c4ccc32)cc1. The molecule has 7 nitrogen and oxygen atoms in total. The van der Waals surface area contributed by atoms with Crippen LogP contribution in [0.15, 0.2) is 341 Å². The van der Waals surface area contributed by atoms with Crippen LogP contribution in [-0.4, -0.2) is 18.3 Å². The van der Waals surface area contributed by atoms with E-state index in [4.69, 9.17) is 13.3 Å². The summed E-state index contributed by atoms with van der Waals surface area (Å²) in [5.74, 6) is 0. The Morgan fingerprint density at radius 1 is 0.202 bits per heavy atom. The maximum absolute atomic E-state index is 7.23. The van der Waals surface area contributed by atoms with Gasteiger partial charge in [0.25, 0.3) is 0 Å². The van der Waals surface area contributed by atoms with E-state index >= 15 is 0 Å². The molecule has 0 aliphatic heterocycles. The number of nitrogens with zero attached hydrogens (tertiary/aromatic N) is 4. The van der Waals surface area contributed by atoms with E-state index in [-0.39, 0.29) is 0 Å². The number of benzene rings is 16. The van der Waals surface area contributed by atoms with E-state index in [0.29, 0.717) is 0 Å². The average molecular weight is 1340 g/mol. The summed E-state index contributed by atoms with van der Waals surface area (Å²) in [6.45, 7) is 0. The Labute approximate surface area is 595 Å². The fraction of sp³-hybridized carbons (Fsp3) is 0. The highest BCUT2D eigenvalue weighted by Crippen LogP contribution is 2.51. The van der Waals surface area contributed by atoms with Crippen molar-refractivity contribution in [1.82, 2.24) is 18.3 Å². The number of rotatable bonds is 7. The first-order chi connectivity index (χ1) is 51.6. The minimum atomic E-state index is 0.852. The van der Waals surface area contributed by atoms with Gasteiger partial charge in [-0.05, 0) is 191 Å². The Bertz CT molecular complexity index is 7830. The molecule has 24 aromatic rings.